The van der Waals surface area contributed by atoms with E-state index >= 15 is 0 Å². The van der Waals surface area contributed by atoms with Crippen molar-refractivity contribution in [2.75, 3.05) is 18.3 Å². The fourth-order valence-corrected chi connectivity index (χ4v) is 5.51. The van der Waals surface area contributed by atoms with Crippen LogP contribution < -0.4 is 0 Å². The van der Waals surface area contributed by atoms with Crippen LogP contribution >= 0.6 is 9.16 Å². The number of hydrogen-bond acceptors (Lipinski definition) is 0. The van der Waals surface area contributed by atoms with E-state index in [1.165, 1.54) is 18.6 Å². The average Bonchev–Trinajstić information content (AvgIpc) is 2.05. The highest BCUT2D eigenvalue weighted by molar-refractivity contribution is 8.49. The van der Waals surface area contributed by atoms with E-state index in [1.54, 1.807) is 0 Å². The molecule has 1 heteroatoms. The molecule has 13 heavy (non-hydrogen) atoms. The van der Waals surface area contributed by atoms with Gasteiger partial charge in [-0.05, 0) is 35.2 Å². The molecule has 0 amide bonds. The summed E-state index contributed by atoms with van der Waals surface area (Å²) in [6, 6.07) is 0. The van der Waals surface area contributed by atoms with Crippen LogP contribution in [0.25, 0.3) is 0 Å². The highest BCUT2D eigenvalue weighted by atomic mass is 32.3. The Hall–Kier alpha value is 0.350. The first-order valence-electron chi connectivity index (χ1n) is 5.78. The molecule has 0 unspecified atom stereocenters. The van der Waals surface area contributed by atoms with Crippen LogP contribution in [-0.2, 0) is 0 Å². The summed E-state index contributed by atoms with van der Waals surface area (Å²) in [4.78, 5) is 0. The highest BCUT2D eigenvalue weighted by Crippen LogP contribution is 2.70. The minimum Gasteiger partial charge on any atom is -0.284 e. The summed E-state index contributed by atoms with van der Waals surface area (Å²) in [6.07, 6.45) is 7.94. The molecule has 1 atom stereocenters. The summed E-state index contributed by atoms with van der Waals surface area (Å²) < 4.78 is 0. The molecule has 0 rings (SSSR count). The fraction of sp³-hybridized carbons (Fsp3) is 1.00. The smallest absolute Gasteiger partial charge is 0.0270 e. The van der Waals surface area contributed by atoms with Gasteiger partial charge in [-0.1, -0.05) is 41.0 Å². The van der Waals surface area contributed by atoms with Gasteiger partial charge in [0, 0.05) is 0 Å². The Labute approximate surface area is 85.8 Å². The summed E-state index contributed by atoms with van der Waals surface area (Å²) in [5.74, 6) is 1.41. The summed E-state index contributed by atoms with van der Waals surface area (Å²) >= 11 is 0. The number of hydrogen-bond donors (Lipinski definition) is 1. The second-order valence-electron chi connectivity index (χ2n) is 5.67. The van der Waals surface area contributed by atoms with Crippen LogP contribution in [0.5, 0.6) is 0 Å². The van der Waals surface area contributed by atoms with E-state index in [0.717, 1.165) is 10.5 Å². The Bertz CT molecular complexity index is 159. The molecule has 0 aliphatic rings. The first-order chi connectivity index (χ1) is 5.78. The Morgan fingerprint density at radius 2 is 1.46 bits per heavy atom. The zero-order valence-corrected chi connectivity index (χ0v) is 11.6. The van der Waals surface area contributed by atoms with Crippen molar-refractivity contribution in [1.29, 1.82) is 0 Å². The Morgan fingerprint density at radius 3 is 1.69 bits per heavy atom. The van der Waals surface area contributed by atoms with Gasteiger partial charge in [0.1, 0.15) is 0 Å². The lowest BCUT2D eigenvalue weighted by atomic mass is 10.3. The van der Waals surface area contributed by atoms with Crippen LogP contribution in [0.4, 0.5) is 0 Å². The molecule has 0 N–H and O–H groups in total. The zero-order chi connectivity index (χ0) is 10.7. The summed E-state index contributed by atoms with van der Waals surface area (Å²) in [7, 11) is -1.40. The van der Waals surface area contributed by atoms with Gasteiger partial charge in [0.15, 0.2) is 0 Å². The molecule has 0 aliphatic heterocycles. The molecule has 0 nitrogen and oxygen atoms in total. The SMILES string of the molecule is CCC[C@H](C)[SH](C)(C)(CC)C(C)C. The van der Waals surface area contributed by atoms with Gasteiger partial charge in [0.05, 0.1) is 0 Å². The van der Waals surface area contributed by atoms with Gasteiger partial charge in [-0.2, -0.15) is 0 Å². The molecule has 0 aromatic heterocycles. The van der Waals surface area contributed by atoms with Crippen molar-refractivity contribution in [2.24, 2.45) is 0 Å². The Kier molecular flexibility index (Phi) is 4.36. The maximum Gasteiger partial charge on any atom is -0.0270 e. The molecular formula is C12H30S. The van der Waals surface area contributed by atoms with Gasteiger partial charge in [0.2, 0.25) is 0 Å². The minimum atomic E-state index is -1.40. The monoisotopic (exact) mass is 206 g/mol. The Morgan fingerprint density at radius 1 is 1.00 bits per heavy atom. The average molecular weight is 206 g/mol. The predicted molar refractivity (Wildman–Crippen MR) is 70.9 cm³/mol. The minimum absolute atomic E-state index is 0.887. The van der Waals surface area contributed by atoms with E-state index < -0.39 is 9.16 Å². The molecule has 84 valence electrons. The van der Waals surface area contributed by atoms with Crippen LogP contribution in [-0.4, -0.2) is 28.8 Å². The lowest BCUT2D eigenvalue weighted by Crippen LogP contribution is -2.36. The summed E-state index contributed by atoms with van der Waals surface area (Å²) in [5, 5.41) is 1.83. The molecule has 0 aliphatic carbocycles. The fourth-order valence-electron chi connectivity index (χ4n) is 2.03. The number of thiol groups is 1. The zero-order valence-electron chi connectivity index (χ0n) is 10.7. The quantitative estimate of drug-likeness (QED) is 0.647. The van der Waals surface area contributed by atoms with E-state index in [0.29, 0.717) is 0 Å². The second kappa shape index (κ2) is 4.25. The molecule has 0 spiro atoms. The third-order valence-electron chi connectivity index (χ3n) is 4.85. The van der Waals surface area contributed by atoms with E-state index in [2.05, 4.69) is 47.1 Å². The van der Waals surface area contributed by atoms with Crippen molar-refractivity contribution in [2.45, 2.75) is 58.0 Å². The van der Waals surface area contributed by atoms with Crippen LogP contribution in [0.15, 0.2) is 0 Å². The van der Waals surface area contributed by atoms with Crippen molar-refractivity contribution in [3.8, 4) is 0 Å². The standard InChI is InChI=1S/C12H30S/c1-8-10-12(5)13(6,7,9-2)11(3)4/h11-13H,8-10H2,1-7H3/t12-/m0/s1. The van der Waals surface area contributed by atoms with Crippen LogP contribution in [0.3, 0.4) is 0 Å². The molecule has 0 saturated carbocycles. The summed E-state index contributed by atoms with van der Waals surface area (Å²) in [6.45, 7) is 12.0. The maximum atomic E-state index is 2.59. The number of rotatable bonds is 5. The van der Waals surface area contributed by atoms with Crippen molar-refractivity contribution in [1.82, 2.24) is 0 Å². The predicted octanol–water partition coefficient (Wildman–Crippen LogP) is 3.94. The summed E-state index contributed by atoms with van der Waals surface area (Å²) in [5.41, 5.74) is 0. The molecule has 0 aromatic rings. The van der Waals surface area contributed by atoms with Crippen LogP contribution in [0.2, 0.25) is 0 Å². The second-order valence-corrected chi connectivity index (χ2v) is 13.5. The first-order valence-corrected chi connectivity index (χ1v) is 9.24. The molecule has 0 fully saturated rings. The van der Waals surface area contributed by atoms with Crippen molar-refractivity contribution in [3.63, 3.8) is 0 Å². The van der Waals surface area contributed by atoms with Gasteiger partial charge in [-0.25, -0.2) is 0 Å². The third-order valence-corrected chi connectivity index (χ3v) is 13.4. The van der Waals surface area contributed by atoms with Crippen molar-refractivity contribution < 1.29 is 0 Å². The lowest BCUT2D eigenvalue weighted by Gasteiger charge is -2.63. The van der Waals surface area contributed by atoms with Gasteiger partial charge in [-0.15, -0.1) is 0 Å². The molecule has 0 saturated heterocycles. The molecule has 0 aromatic carbocycles. The van der Waals surface area contributed by atoms with Crippen LogP contribution in [0.1, 0.15) is 47.5 Å². The Balaban J connectivity index is 4.79. The first kappa shape index (κ1) is 13.4. The highest BCUT2D eigenvalue weighted by Gasteiger charge is 2.37. The van der Waals surface area contributed by atoms with Gasteiger partial charge < -0.3 is 0 Å². The van der Waals surface area contributed by atoms with Gasteiger partial charge >= 0.3 is 0 Å². The van der Waals surface area contributed by atoms with E-state index in [9.17, 15) is 0 Å². The topological polar surface area (TPSA) is 0 Å². The molecule has 0 bridgehead atoms. The molecular weight excluding hydrogens is 176 g/mol. The van der Waals surface area contributed by atoms with E-state index in [4.69, 9.17) is 0 Å². The van der Waals surface area contributed by atoms with E-state index in [1.807, 2.05) is 0 Å². The van der Waals surface area contributed by atoms with Gasteiger partial charge in [0.25, 0.3) is 0 Å². The van der Waals surface area contributed by atoms with E-state index in [-0.39, 0.29) is 0 Å². The third kappa shape index (κ3) is 2.43. The largest absolute Gasteiger partial charge is 0.284 e. The molecule has 0 heterocycles. The lowest BCUT2D eigenvalue weighted by molar-refractivity contribution is 0.765. The van der Waals surface area contributed by atoms with Crippen molar-refractivity contribution >= 4 is 9.16 Å². The normalized spacial score (nSPS) is 18.3. The maximum absolute atomic E-state index is 2.59. The van der Waals surface area contributed by atoms with Crippen molar-refractivity contribution in [3.05, 3.63) is 0 Å². The van der Waals surface area contributed by atoms with Crippen LogP contribution in [0, 0.1) is 0 Å². The molecule has 0 radical (unpaired) electrons. The van der Waals surface area contributed by atoms with Gasteiger partial charge in [-0.3, -0.25) is 9.16 Å².